The lowest BCUT2D eigenvalue weighted by Crippen LogP contribution is -2.48. The maximum Gasteiger partial charge on any atom is 0.217 e. The van der Waals surface area contributed by atoms with Gasteiger partial charge in [-0.25, -0.2) is 13.1 Å². The lowest BCUT2D eigenvalue weighted by atomic mass is 9.88. The second-order valence-corrected chi connectivity index (χ2v) is 17.8. The molecule has 0 aliphatic rings. The molecule has 5 heteroatoms. The highest BCUT2D eigenvalue weighted by molar-refractivity contribution is 7.90. The fourth-order valence-corrected chi connectivity index (χ4v) is 2.74. The highest BCUT2D eigenvalue weighted by atomic mass is 32.2. The third-order valence-electron chi connectivity index (χ3n) is 3.80. The molecule has 0 bridgehead atoms. The Hall–Kier alpha value is -0.940. The predicted octanol–water partition coefficient (Wildman–Crippen LogP) is 8.34. The molecule has 204 valence electrons. The normalized spacial score (nSPS) is 14.4. The van der Waals surface area contributed by atoms with Crippen LogP contribution >= 0.6 is 0 Å². The molecule has 0 spiro atoms. The van der Waals surface area contributed by atoms with E-state index in [0.29, 0.717) is 10.8 Å². The fraction of sp³-hybridized carbons (Fsp3) is 0.828. The van der Waals surface area contributed by atoms with Crippen molar-refractivity contribution in [3.8, 4) is 0 Å². The van der Waals surface area contributed by atoms with Crippen LogP contribution in [0.5, 0.6) is 0 Å². The van der Waals surface area contributed by atoms with Crippen molar-refractivity contribution >= 4 is 15.8 Å². The van der Waals surface area contributed by atoms with Crippen molar-refractivity contribution in [1.82, 2.24) is 4.72 Å². The number of carbonyl (C=O) groups excluding carboxylic acids is 1. The Morgan fingerprint density at radius 2 is 0.853 bits per heavy atom. The van der Waals surface area contributed by atoms with Crippen LogP contribution in [0, 0.1) is 21.7 Å². The molecule has 4 nitrogen and oxygen atoms in total. The monoisotopic (exact) mass is 501 g/mol. The van der Waals surface area contributed by atoms with Crippen molar-refractivity contribution in [1.29, 1.82) is 0 Å². The van der Waals surface area contributed by atoms with Gasteiger partial charge in [-0.05, 0) is 63.9 Å². The number of sulfonamides is 1. The summed E-state index contributed by atoms with van der Waals surface area (Å²) in [6.07, 6.45) is 8.20. The van der Waals surface area contributed by atoms with E-state index >= 15 is 0 Å². The minimum absolute atomic E-state index is 0.0981. The van der Waals surface area contributed by atoms with Crippen LogP contribution in [-0.2, 0) is 14.8 Å². The molecular weight excluding hydrogens is 442 g/mol. The average Bonchev–Trinajstić information content (AvgIpc) is 2.45. The Morgan fingerprint density at radius 1 is 0.559 bits per heavy atom. The highest BCUT2D eigenvalue weighted by Crippen LogP contribution is 2.22. The predicted molar refractivity (Wildman–Crippen MR) is 153 cm³/mol. The zero-order chi connectivity index (χ0) is 28.6. The second kappa shape index (κ2) is 12.9. The molecule has 0 aromatic carbocycles. The number of nitrogens with one attached hydrogen (secondary N) is 1. The highest BCUT2D eigenvalue weighted by Gasteiger charge is 2.32. The standard InChI is InChI=1S/C11H20O.C10H20.C8H19NO2S/c1-10(2,3)8-7-9(12)11(4,5)6;1-9(2,3)7-8-10(4,5)6;1-7(2,3)9-12(10,11)8(4,5)6/h7-8H,1-6H3;7-8H,1-6H3;9H,1-6H3/b2*8-7+;. The van der Waals surface area contributed by atoms with E-state index in [4.69, 9.17) is 0 Å². The number of carbonyl (C=O) groups is 1. The molecule has 0 radical (unpaired) electrons. The van der Waals surface area contributed by atoms with Crippen LogP contribution < -0.4 is 4.72 Å². The molecular formula is C29H59NO3S. The Bertz CT molecular complexity index is 744. The summed E-state index contributed by atoms with van der Waals surface area (Å²) >= 11 is 0. The zero-order valence-corrected chi connectivity index (χ0v) is 26.8. The summed E-state index contributed by atoms with van der Waals surface area (Å²) in [4.78, 5) is 11.4. The van der Waals surface area contributed by atoms with Crippen molar-refractivity contribution in [2.45, 2.75) is 135 Å². The summed E-state index contributed by atoms with van der Waals surface area (Å²) in [5.41, 5.74) is 0.106. The van der Waals surface area contributed by atoms with E-state index < -0.39 is 20.3 Å². The van der Waals surface area contributed by atoms with Gasteiger partial charge < -0.3 is 0 Å². The number of hydrogen-bond acceptors (Lipinski definition) is 3. The van der Waals surface area contributed by atoms with Gasteiger partial charge in [0.25, 0.3) is 0 Å². The largest absolute Gasteiger partial charge is 0.294 e. The first-order valence-electron chi connectivity index (χ1n) is 12.3. The maximum absolute atomic E-state index is 11.6. The van der Waals surface area contributed by atoms with Crippen LogP contribution in [0.3, 0.4) is 0 Å². The second-order valence-electron chi connectivity index (χ2n) is 15.3. The summed E-state index contributed by atoms with van der Waals surface area (Å²) in [6.45, 7) is 35.9. The van der Waals surface area contributed by atoms with Crippen molar-refractivity contribution < 1.29 is 13.2 Å². The Balaban J connectivity index is -0.000000426. The van der Waals surface area contributed by atoms with Crippen LogP contribution in [0.2, 0.25) is 0 Å². The smallest absolute Gasteiger partial charge is 0.217 e. The minimum Gasteiger partial charge on any atom is -0.294 e. The summed E-state index contributed by atoms with van der Waals surface area (Å²) in [7, 11) is -3.21. The van der Waals surface area contributed by atoms with Gasteiger partial charge in [0.15, 0.2) is 5.78 Å². The van der Waals surface area contributed by atoms with Gasteiger partial charge in [0.1, 0.15) is 0 Å². The number of ketones is 1. The third kappa shape index (κ3) is 25.7. The summed E-state index contributed by atoms with van der Waals surface area (Å²) in [5.74, 6) is 0.192. The van der Waals surface area contributed by atoms with E-state index in [0.717, 1.165) is 0 Å². The van der Waals surface area contributed by atoms with E-state index in [-0.39, 0.29) is 16.6 Å². The van der Waals surface area contributed by atoms with Crippen LogP contribution in [0.15, 0.2) is 24.3 Å². The molecule has 0 heterocycles. The first-order valence-corrected chi connectivity index (χ1v) is 13.8. The van der Waals surface area contributed by atoms with Crippen LogP contribution in [-0.4, -0.2) is 24.5 Å². The molecule has 0 aliphatic heterocycles. The average molecular weight is 502 g/mol. The molecule has 0 fully saturated rings. The molecule has 0 aromatic rings. The van der Waals surface area contributed by atoms with Crippen LogP contribution in [0.4, 0.5) is 0 Å². The van der Waals surface area contributed by atoms with Gasteiger partial charge >= 0.3 is 0 Å². The van der Waals surface area contributed by atoms with Gasteiger partial charge in [-0.3, -0.25) is 4.79 Å². The fourth-order valence-electron chi connectivity index (χ4n) is 1.63. The molecule has 0 rings (SSSR count). The van der Waals surface area contributed by atoms with Gasteiger partial charge in [-0.15, -0.1) is 0 Å². The molecule has 1 N–H and O–H groups in total. The molecule has 0 saturated heterocycles. The van der Waals surface area contributed by atoms with Crippen molar-refractivity contribution in [3.63, 3.8) is 0 Å². The maximum atomic E-state index is 11.6. The quantitative estimate of drug-likeness (QED) is 0.305. The van der Waals surface area contributed by atoms with E-state index in [1.54, 1.807) is 26.8 Å². The van der Waals surface area contributed by atoms with Crippen LogP contribution in [0.1, 0.15) is 125 Å². The van der Waals surface area contributed by atoms with Gasteiger partial charge in [-0.2, -0.15) is 0 Å². The summed E-state index contributed by atoms with van der Waals surface area (Å²) in [6, 6.07) is 0. The van der Waals surface area contributed by atoms with E-state index in [2.05, 4.69) is 79.2 Å². The van der Waals surface area contributed by atoms with E-state index in [1.165, 1.54) is 0 Å². The molecule has 0 saturated carbocycles. The lowest BCUT2D eigenvalue weighted by Gasteiger charge is -2.27. The topological polar surface area (TPSA) is 63.2 Å². The van der Waals surface area contributed by atoms with Gasteiger partial charge in [0.05, 0.1) is 4.75 Å². The molecule has 0 amide bonds. The molecule has 0 atom stereocenters. The summed E-state index contributed by atoms with van der Waals surface area (Å²) in [5, 5.41) is 0. The van der Waals surface area contributed by atoms with E-state index in [1.807, 2.05) is 47.6 Å². The van der Waals surface area contributed by atoms with Crippen molar-refractivity contribution in [2.24, 2.45) is 21.7 Å². The van der Waals surface area contributed by atoms with Gasteiger partial charge in [-0.1, -0.05) is 101 Å². The van der Waals surface area contributed by atoms with Crippen LogP contribution in [0.25, 0.3) is 0 Å². The SMILES string of the molecule is CC(C)(C)/C=C/C(=O)C(C)(C)C.CC(C)(C)/C=C/C(C)(C)C.CC(C)(C)NS(=O)(=O)C(C)(C)C. The number of rotatable bonds is 2. The Morgan fingerprint density at radius 3 is 1.00 bits per heavy atom. The lowest BCUT2D eigenvalue weighted by molar-refractivity contribution is -0.121. The minimum atomic E-state index is -3.21. The summed E-state index contributed by atoms with van der Waals surface area (Å²) < 4.78 is 25.0. The molecule has 0 aliphatic carbocycles. The molecule has 0 aromatic heterocycles. The Labute approximate surface area is 214 Å². The van der Waals surface area contributed by atoms with E-state index in [9.17, 15) is 13.2 Å². The van der Waals surface area contributed by atoms with Gasteiger partial charge in [0, 0.05) is 11.0 Å². The molecule has 34 heavy (non-hydrogen) atoms. The number of allylic oxidation sites excluding steroid dienone is 4. The first-order chi connectivity index (χ1) is 14.3. The Kier molecular flexibility index (Phi) is 14.2. The van der Waals surface area contributed by atoms with Gasteiger partial charge in [0.2, 0.25) is 10.0 Å². The zero-order valence-electron chi connectivity index (χ0n) is 25.9. The number of hydrogen-bond donors (Lipinski definition) is 1. The third-order valence-corrected chi connectivity index (χ3v) is 6.30. The molecule has 0 unspecified atom stereocenters. The first kappa shape index (κ1) is 37.6. The van der Waals surface area contributed by atoms with Crippen molar-refractivity contribution in [2.75, 3.05) is 0 Å². The van der Waals surface area contributed by atoms with Crippen molar-refractivity contribution in [3.05, 3.63) is 24.3 Å².